The first-order chi connectivity index (χ1) is 9.17. The lowest BCUT2D eigenvalue weighted by Gasteiger charge is -2.15. The molecule has 0 spiro atoms. The van der Waals surface area contributed by atoms with Gasteiger partial charge in [-0.2, -0.15) is 0 Å². The van der Waals surface area contributed by atoms with Gasteiger partial charge in [0.15, 0.2) is 0 Å². The number of hydrogen-bond acceptors (Lipinski definition) is 3. The Morgan fingerprint density at radius 1 is 0.895 bits per heavy atom. The molecule has 2 N–H and O–H groups in total. The lowest BCUT2D eigenvalue weighted by molar-refractivity contribution is 0.410. The highest BCUT2D eigenvalue weighted by Crippen LogP contribution is 2.37. The fourth-order valence-corrected chi connectivity index (χ4v) is 2.09. The number of hydrogen-bond donors (Lipinski definition) is 1. The Kier molecular flexibility index (Phi) is 4.07. The summed E-state index contributed by atoms with van der Waals surface area (Å²) in [5.74, 6) is 1.64. The number of para-hydroxylation sites is 1. The monoisotopic (exact) mass is 257 g/mol. The van der Waals surface area contributed by atoms with Crippen LogP contribution in [0.5, 0.6) is 11.5 Å². The molecule has 0 heterocycles. The number of benzene rings is 2. The standard InChI is InChI=1S/C16H19NO2/c1-11(17)12-8-9-16(19-3)14(10-12)13-6-4-5-7-15(13)18-2/h4-11H,17H2,1-3H3. The van der Waals surface area contributed by atoms with Gasteiger partial charge in [-0.15, -0.1) is 0 Å². The second-order valence-electron chi connectivity index (χ2n) is 4.45. The molecule has 1 unspecified atom stereocenters. The Hall–Kier alpha value is -2.00. The third-order valence-corrected chi connectivity index (χ3v) is 3.15. The number of rotatable bonds is 4. The zero-order chi connectivity index (χ0) is 13.8. The van der Waals surface area contributed by atoms with Crippen LogP contribution >= 0.6 is 0 Å². The first-order valence-electron chi connectivity index (χ1n) is 6.24. The minimum atomic E-state index is -0.0145. The summed E-state index contributed by atoms with van der Waals surface area (Å²) in [7, 11) is 3.33. The van der Waals surface area contributed by atoms with E-state index in [1.54, 1.807) is 14.2 Å². The van der Waals surface area contributed by atoms with Crippen LogP contribution in [0, 0.1) is 0 Å². The maximum absolute atomic E-state index is 5.95. The molecule has 0 bridgehead atoms. The minimum absolute atomic E-state index is 0.0145. The molecule has 2 rings (SSSR count). The van der Waals surface area contributed by atoms with Crippen molar-refractivity contribution in [1.82, 2.24) is 0 Å². The molecule has 2 aromatic carbocycles. The molecule has 1 atom stereocenters. The molecule has 0 saturated heterocycles. The van der Waals surface area contributed by atoms with Crippen molar-refractivity contribution in [3.63, 3.8) is 0 Å². The van der Waals surface area contributed by atoms with Crippen molar-refractivity contribution in [3.05, 3.63) is 48.0 Å². The molecule has 2 aromatic rings. The topological polar surface area (TPSA) is 44.5 Å². The molecule has 0 amide bonds. The van der Waals surface area contributed by atoms with E-state index in [1.807, 2.05) is 43.3 Å². The molecular formula is C16H19NO2. The molecule has 19 heavy (non-hydrogen) atoms. The van der Waals surface area contributed by atoms with Crippen LogP contribution in [0.4, 0.5) is 0 Å². The zero-order valence-corrected chi connectivity index (χ0v) is 11.5. The number of methoxy groups -OCH3 is 2. The quantitative estimate of drug-likeness (QED) is 0.913. The summed E-state index contributed by atoms with van der Waals surface area (Å²) in [5, 5.41) is 0. The molecule has 100 valence electrons. The molecule has 0 fully saturated rings. The third-order valence-electron chi connectivity index (χ3n) is 3.15. The van der Waals surface area contributed by atoms with Crippen molar-refractivity contribution in [3.8, 4) is 22.6 Å². The van der Waals surface area contributed by atoms with E-state index in [4.69, 9.17) is 15.2 Å². The van der Waals surface area contributed by atoms with Crippen LogP contribution < -0.4 is 15.2 Å². The van der Waals surface area contributed by atoms with Gasteiger partial charge in [-0.3, -0.25) is 0 Å². The van der Waals surface area contributed by atoms with E-state index in [2.05, 4.69) is 6.07 Å². The molecule has 3 heteroatoms. The Morgan fingerprint density at radius 3 is 2.16 bits per heavy atom. The Morgan fingerprint density at radius 2 is 1.53 bits per heavy atom. The van der Waals surface area contributed by atoms with Crippen LogP contribution in [0.15, 0.2) is 42.5 Å². The lowest BCUT2D eigenvalue weighted by atomic mass is 9.98. The number of ether oxygens (including phenoxy) is 2. The third kappa shape index (κ3) is 2.71. The molecule has 0 saturated carbocycles. The SMILES string of the molecule is COc1ccccc1-c1cc(C(C)N)ccc1OC. The molecule has 0 aliphatic heterocycles. The van der Waals surface area contributed by atoms with Crippen LogP contribution in [-0.2, 0) is 0 Å². The van der Waals surface area contributed by atoms with E-state index in [1.165, 1.54) is 0 Å². The van der Waals surface area contributed by atoms with Gasteiger partial charge in [-0.25, -0.2) is 0 Å². The summed E-state index contributed by atoms with van der Waals surface area (Å²) in [6, 6.07) is 13.9. The predicted molar refractivity (Wildman–Crippen MR) is 77.6 cm³/mol. The van der Waals surface area contributed by atoms with Gasteiger partial charge in [0.25, 0.3) is 0 Å². The summed E-state index contributed by atoms with van der Waals surface area (Å²) in [5.41, 5.74) is 9.02. The molecular weight excluding hydrogens is 238 g/mol. The second-order valence-corrected chi connectivity index (χ2v) is 4.45. The number of nitrogens with two attached hydrogens (primary N) is 1. The first kappa shape index (κ1) is 13.4. The van der Waals surface area contributed by atoms with E-state index >= 15 is 0 Å². The average molecular weight is 257 g/mol. The highest BCUT2D eigenvalue weighted by atomic mass is 16.5. The van der Waals surface area contributed by atoms with Crippen LogP contribution in [0.2, 0.25) is 0 Å². The summed E-state index contributed by atoms with van der Waals surface area (Å²) < 4.78 is 10.9. The van der Waals surface area contributed by atoms with Gasteiger partial charge in [0.05, 0.1) is 14.2 Å². The minimum Gasteiger partial charge on any atom is -0.496 e. The van der Waals surface area contributed by atoms with Gasteiger partial charge in [-0.05, 0) is 30.7 Å². The van der Waals surface area contributed by atoms with Gasteiger partial charge in [0, 0.05) is 17.2 Å². The van der Waals surface area contributed by atoms with E-state index in [-0.39, 0.29) is 6.04 Å². The molecule has 0 aliphatic carbocycles. The second kappa shape index (κ2) is 5.76. The van der Waals surface area contributed by atoms with E-state index in [0.717, 1.165) is 28.2 Å². The van der Waals surface area contributed by atoms with Gasteiger partial charge in [0.1, 0.15) is 11.5 Å². The maximum Gasteiger partial charge on any atom is 0.126 e. The van der Waals surface area contributed by atoms with Crippen molar-refractivity contribution in [2.45, 2.75) is 13.0 Å². The fourth-order valence-electron chi connectivity index (χ4n) is 2.09. The van der Waals surface area contributed by atoms with Gasteiger partial charge in [-0.1, -0.05) is 24.3 Å². The Labute approximate surface area is 114 Å². The summed E-state index contributed by atoms with van der Waals surface area (Å²) in [4.78, 5) is 0. The van der Waals surface area contributed by atoms with Crippen LogP contribution in [0.25, 0.3) is 11.1 Å². The maximum atomic E-state index is 5.95. The summed E-state index contributed by atoms with van der Waals surface area (Å²) in [6.45, 7) is 1.97. The fraction of sp³-hybridized carbons (Fsp3) is 0.250. The van der Waals surface area contributed by atoms with Gasteiger partial charge < -0.3 is 15.2 Å². The van der Waals surface area contributed by atoms with Crippen molar-refractivity contribution in [2.75, 3.05) is 14.2 Å². The van der Waals surface area contributed by atoms with Crippen molar-refractivity contribution in [2.24, 2.45) is 5.73 Å². The highest BCUT2D eigenvalue weighted by molar-refractivity contribution is 5.76. The zero-order valence-electron chi connectivity index (χ0n) is 11.5. The van der Waals surface area contributed by atoms with Crippen LogP contribution in [-0.4, -0.2) is 14.2 Å². The van der Waals surface area contributed by atoms with E-state index in [0.29, 0.717) is 0 Å². The largest absolute Gasteiger partial charge is 0.496 e. The van der Waals surface area contributed by atoms with Crippen LogP contribution in [0.3, 0.4) is 0 Å². The molecule has 0 aliphatic rings. The Bertz CT molecular complexity index is 564. The molecule has 0 radical (unpaired) electrons. The first-order valence-corrected chi connectivity index (χ1v) is 6.24. The predicted octanol–water partition coefficient (Wildman–Crippen LogP) is 3.39. The summed E-state index contributed by atoms with van der Waals surface area (Å²) >= 11 is 0. The van der Waals surface area contributed by atoms with Crippen molar-refractivity contribution >= 4 is 0 Å². The van der Waals surface area contributed by atoms with Gasteiger partial charge in [0.2, 0.25) is 0 Å². The average Bonchev–Trinajstić information content (AvgIpc) is 2.46. The molecule has 3 nitrogen and oxygen atoms in total. The smallest absolute Gasteiger partial charge is 0.126 e. The van der Waals surface area contributed by atoms with Gasteiger partial charge >= 0.3 is 0 Å². The summed E-state index contributed by atoms with van der Waals surface area (Å²) in [6.07, 6.45) is 0. The molecule has 0 aromatic heterocycles. The highest BCUT2D eigenvalue weighted by Gasteiger charge is 2.12. The normalized spacial score (nSPS) is 12.0. The van der Waals surface area contributed by atoms with Crippen LogP contribution in [0.1, 0.15) is 18.5 Å². The van der Waals surface area contributed by atoms with Crippen molar-refractivity contribution in [1.29, 1.82) is 0 Å². The van der Waals surface area contributed by atoms with Crippen molar-refractivity contribution < 1.29 is 9.47 Å². The Balaban J connectivity index is 2.61. The van der Waals surface area contributed by atoms with E-state index < -0.39 is 0 Å². The lowest BCUT2D eigenvalue weighted by Crippen LogP contribution is -2.05. The van der Waals surface area contributed by atoms with E-state index in [9.17, 15) is 0 Å².